The highest BCUT2D eigenvalue weighted by Crippen LogP contribution is 2.23. The van der Waals surface area contributed by atoms with Gasteiger partial charge >= 0.3 is 5.97 Å². The predicted octanol–water partition coefficient (Wildman–Crippen LogP) is 2.95. The average molecular weight is 306 g/mol. The lowest BCUT2D eigenvalue weighted by Crippen LogP contribution is -2.29. The van der Waals surface area contributed by atoms with Gasteiger partial charge in [-0.2, -0.15) is 0 Å². The molecule has 0 unspecified atom stereocenters. The SMILES string of the molecule is O=C(O)CNC(=O)c1ccc(Oc2ccc(Cl)cc2)cc1. The summed E-state index contributed by atoms with van der Waals surface area (Å²) in [4.78, 5) is 22.0. The highest BCUT2D eigenvalue weighted by molar-refractivity contribution is 6.30. The first-order valence-corrected chi connectivity index (χ1v) is 6.46. The third-order valence-electron chi connectivity index (χ3n) is 2.57. The van der Waals surface area contributed by atoms with Crippen LogP contribution in [0.2, 0.25) is 5.02 Å². The summed E-state index contributed by atoms with van der Waals surface area (Å²) in [6.45, 7) is -0.415. The molecule has 0 saturated carbocycles. The number of nitrogens with one attached hydrogen (secondary N) is 1. The maximum absolute atomic E-state index is 11.6. The number of hydrogen-bond donors (Lipinski definition) is 2. The molecule has 0 aliphatic carbocycles. The van der Waals surface area contributed by atoms with Crippen LogP contribution in [0.15, 0.2) is 48.5 Å². The topological polar surface area (TPSA) is 75.6 Å². The van der Waals surface area contributed by atoms with Gasteiger partial charge in [-0.15, -0.1) is 0 Å². The summed E-state index contributed by atoms with van der Waals surface area (Å²) in [6, 6.07) is 13.3. The summed E-state index contributed by atoms with van der Waals surface area (Å²) >= 11 is 5.78. The zero-order chi connectivity index (χ0) is 15.2. The molecule has 2 rings (SSSR count). The Morgan fingerprint density at radius 2 is 1.52 bits per heavy atom. The lowest BCUT2D eigenvalue weighted by molar-refractivity contribution is -0.135. The number of carbonyl (C=O) groups is 2. The highest BCUT2D eigenvalue weighted by Gasteiger charge is 2.07. The fraction of sp³-hybridized carbons (Fsp3) is 0.0667. The number of aliphatic carboxylic acids is 1. The molecule has 0 bridgehead atoms. The Morgan fingerprint density at radius 1 is 1.00 bits per heavy atom. The van der Waals surface area contributed by atoms with Gasteiger partial charge in [-0.25, -0.2) is 0 Å². The third kappa shape index (κ3) is 4.50. The maximum Gasteiger partial charge on any atom is 0.322 e. The molecular formula is C15H12ClNO4. The first-order chi connectivity index (χ1) is 10.0. The fourth-order valence-electron chi connectivity index (χ4n) is 1.57. The average Bonchev–Trinajstić information content (AvgIpc) is 2.48. The number of carboxylic acid groups (broad SMARTS) is 1. The molecule has 2 aromatic carbocycles. The Hall–Kier alpha value is -2.53. The first-order valence-electron chi connectivity index (χ1n) is 6.08. The van der Waals surface area contributed by atoms with Crippen molar-refractivity contribution in [2.45, 2.75) is 0 Å². The zero-order valence-corrected chi connectivity index (χ0v) is 11.6. The maximum atomic E-state index is 11.6. The van der Waals surface area contributed by atoms with Crippen LogP contribution in [0, 0.1) is 0 Å². The second-order valence-corrected chi connectivity index (χ2v) is 4.59. The second-order valence-electron chi connectivity index (χ2n) is 4.16. The van der Waals surface area contributed by atoms with Gasteiger partial charge in [0.1, 0.15) is 18.0 Å². The minimum atomic E-state index is -1.09. The van der Waals surface area contributed by atoms with Gasteiger partial charge in [0.05, 0.1) is 0 Å². The molecule has 0 spiro atoms. The van der Waals surface area contributed by atoms with Crippen molar-refractivity contribution in [3.8, 4) is 11.5 Å². The molecule has 1 amide bonds. The summed E-state index contributed by atoms with van der Waals surface area (Å²) in [5.41, 5.74) is 0.361. The van der Waals surface area contributed by atoms with Crippen molar-refractivity contribution in [3.63, 3.8) is 0 Å². The normalized spacial score (nSPS) is 9.95. The minimum Gasteiger partial charge on any atom is -0.480 e. The largest absolute Gasteiger partial charge is 0.480 e. The molecule has 0 heterocycles. The summed E-state index contributed by atoms with van der Waals surface area (Å²) < 4.78 is 5.58. The van der Waals surface area contributed by atoms with Crippen molar-refractivity contribution in [2.75, 3.05) is 6.54 Å². The van der Waals surface area contributed by atoms with Crippen LogP contribution in [0.1, 0.15) is 10.4 Å². The van der Waals surface area contributed by atoms with Crippen LogP contribution < -0.4 is 10.1 Å². The number of carboxylic acids is 1. The summed E-state index contributed by atoms with van der Waals surface area (Å²) in [5, 5.41) is 11.4. The molecule has 0 radical (unpaired) electrons. The van der Waals surface area contributed by atoms with Crippen molar-refractivity contribution >= 4 is 23.5 Å². The smallest absolute Gasteiger partial charge is 0.322 e. The van der Waals surface area contributed by atoms with Gasteiger partial charge in [0.2, 0.25) is 0 Å². The molecule has 0 atom stereocenters. The second kappa shape index (κ2) is 6.76. The number of hydrogen-bond acceptors (Lipinski definition) is 3. The Kier molecular flexibility index (Phi) is 4.79. The first kappa shape index (κ1) is 14.9. The fourth-order valence-corrected chi connectivity index (χ4v) is 1.70. The van der Waals surface area contributed by atoms with Crippen molar-refractivity contribution < 1.29 is 19.4 Å². The van der Waals surface area contributed by atoms with E-state index in [0.717, 1.165) is 0 Å². The van der Waals surface area contributed by atoms with E-state index < -0.39 is 18.4 Å². The van der Waals surface area contributed by atoms with Gasteiger partial charge in [-0.05, 0) is 48.5 Å². The molecule has 0 saturated heterocycles. The van der Waals surface area contributed by atoms with Gasteiger partial charge in [0.25, 0.3) is 5.91 Å². The van der Waals surface area contributed by atoms with E-state index >= 15 is 0 Å². The molecule has 2 aromatic rings. The highest BCUT2D eigenvalue weighted by atomic mass is 35.5. The molecule has 5 nitrogen and oxygen atoms in total. The Morgan fingerprint density at radius 3 is 2.05 bits per heavy atom. The third-order valence-corrected chi connectivity index (χ3v) is 2.82. The molecule has 0 aromatic heterocycles. The van der Waals surface area contributed by atoms with Crippen LogP contribution in [-0.4, -0.2) is 23.5 Å². The summed E-state index contributed by atoms with van der Waals surface area (Å²) in [5.74, 6) is -0.351. The van der Waals surface area contributed by atoms with Crippen LogP contribution in [-0.2, 0) is 4.79 Å². The lowest BCUT2D eigenvalue weighted by Gasteiger charge is -2.07. The summed E-state index contributed by atoms with van der Waals surface area (Å²) in [6.07, 6.45) is 0. The lowest BCUT2D eigenvalue weighted by atomic mass is 10.2. The van der Waals surface area contributed by atoms with E-state index in [9.17, 15) is 9.59 Å². The monoisotopic (exact) mass is 305 g/mol. The van der Waals surface area contributed by atoms with E-state index in [-0.39, 0.29) is 0 Å². The van der Waals surface area contributed by atoms with Crippen LogP contribution in [0.4, 0.5) is 0 Å². The summed E-state index contributed by atoms with van der Waals surface area (Å²) in [7, 11) is 0. The van der Waals surface area contributed by atoms with Crippen LogP contribution in [0.5, 0.6) is 11.5 Å². The minimum absolute atomic E-state index is 0.361. The Bertz CT molecular complexity index is 638. The van der Waals surface area contributed by atoms with E-state index in [4.69, 9.17) is 21.4 Å². The van der Waals surface area contributed by atoms with Gasteiger partial charge in [0, 0.05) is 10.6 Å². The van der Waals surface area contributed by atoms with Gasteiger partial charge in [-0.1, -0.05) is 11.6 Å². The molecular weight excluding hydrogens is 294 g/mol. The molecule has 0 aliphatic heterocycles. The van der Waals surface area contributed by atoms with E-state index in [1.54, 1.807) is 48.5 Å². The van der Waals surface area contributed by atoms with Crippen LogP contribution in [0.3, 0.4) is 0 Å². The van der Waals surface area contributed by atoms with E-state index in [1.165, 1.54) is 0 Å². The number of carbonyl (C=O) groups excluding carboxylic acids is 1. The van der Waals surface area contributed by atoms with Crippen molar-refractivity contribution in [1.29, 1.82) is 0 Å². The Balaban J connectivity index is 2.00. The standard InChI is InChI=1S/C15H12ClNO4/c16-11-3-7-13(8-4-11)21-12-5-1-10(2-6-12)15(20)17-9-14(18)19/h1-8H,9H2,(H,17,20)(H,18,19). The van der Waals surface area contributed by atoms with Gasteiger partial charge < -0.3 is 15.2 Å². The van der Waals surface area contributed by atoms with Gasteiger partial charge in [0.15, 0.2) is 0 Å². The van der Waals surface area contributed by atoms with Crippen molar-refractivity contribution in [3.05, 3.63) is 59.1 Å². The molecule has 0 fully saturated rings. The van der Waals surface area contributed by atoms with Crippen molar-refractivity contribution in [2.24, 2.45) is 0 Å². The number of benzene rings is 2. The van der Waals surface area contributed by atoms with Gasteiger partial charge in [-0.3, -0.25) is 9.59 Å². The van der Waals surface area contributed by atoms with E-state index in [0.29, 0.717) is 22.1 Å². The number of halogens is 1. The zero-order valence-electron chi connectivity index (χ0n) is 10.9. The molecule has 2 N–H and O–H groups in total. The van der Waals surface area contributed by atoms with E-state index in [2.05, 4.69) is 5.32 Å². The quantitative estimate of drug-likeness (QED) is 0.890. The molecule has 6 heteroatoms. The van der Waals surface area contributed by atoms with Crippen molar-refractivity contribution in [1.82, 2.24) is 5.32 Å². The molecule has 21 heavy (non-hydrogen) atoms. The number of amides is 1. The van der Waals surface area contributed by atoms with E-state index in [1.807, 2.05) is 0 Å². The number of ether oxygens (including phenoxy) is 1. The molecule has 108 valence electrons. The predicted molar refractivity (Wildman–Crippen MR) is 77.9 cm³/mol. The van der Waals surface area contributed by atoms with Crippen LogP contribution in [0.25, 0.3) is 0 Å². The van der Waals surface area contributed by atoms with Crippen LogP contribution >= 0.6 is 11.6 Å². The Labute approximate surface area is 126 Å². The molecule has 0 aliphatic rings. The number of rotatable bonds is 5.